The molecule has 0 aliphatic heterocycles. The highest BCUT2D eigenvalue weighted by molar-refractivity contribution is 5.25. The van der Waals surface area contributed by atoms with E-state index in [0.29, 0.717) is 6.54 Å². The minimum Gasteiger partial charge on any atom is -0.299 e. The molecule has 18 heavy (non-hydrogen) atoms. The third-order valence-electron chi connectivity index (χ3n) is 2.92. The van der Waals surface area contributed by atoms with Crippen LogP contribution in [0.15, 0.2) is 15.8 Å². The first kappa shape index (κ1) is 14.3. The second kappa shape index (κ2) is 7.54. The van der Waals surface area contributed by atoms with Gasteiger partial charge in [-0.25, -0.2) is 4.79 Å². The van der Waals surface area contributed by atoms with Gasteiger partial charge in [0.05, 0.1) is 0 Å². The van der Waals surface area contributed by atoms with Gasteiger partial charge in [0.15, 0.2) is 0 Å². The molecular formula is C14H20N2O2. The van der Waals surface area contributed by atoms with Crippen molar-refractivity contribution < 1.29 is 0 Å². The molecule has 1 N–H and O–H groups in total. The van der Waals surface area contributed by atoms with Crippen molar-refractivity contribution in [3.05, 3.63) is 32.6 Å². The predicted octanol–water partition coefficient (Wildman–Crippen LogP) is 1.88. The molecule has 0 amide bonds. The molecule has 0 bridgehead atoms. The second-order valence-electron chi connectivity index (χ2n) is 4.41. The largest absolute Gasteiger partial charge is 0.328 e. The standard InChI is InChI=1S/C14H20N2O2/c1-3-5-6-7-8-9-10-16-11-12(4-2)13(17)15-14(16)18/h2,11H,3,5-10H2,1H3,(H,15,17,18). The Labute approximate surface area is 107 Å². The zero-order chi connectivity index (χ0) is 13.4. The molecule has 0 atom stereocenters. The number of H-pyrrole nitrogens is 1. The Bertz CT molecular complexity index is 520. The van der Waals surface area contributed by atoms with Gasteiger partial charge in [-0.3, -0.25) is 14.3 Å². The molecule has 0 saturated carbocycles. The van der Waals surface area contributed by atoms with Crippen LogP contribution in [0.5, 0.6) is 0 Å². The number of rotatable bonds is 7. The SMILES string of the molecule is C#Cc1cn(CCCCCCCC)c(=O)[nH]c1=O. The monoisotopic (exact) mass is 248 g/mol. The summed E-state index contributed by atoms with van der Waals surface area (Å²) in [4.78, 5) is 25.0. The molecule has 1 heterocycles. The molecule has 1 rings (SSSR count). The van der Waals surface area contributed by atoms with Crippen LogP contribution in [-0.2, 0) is 6.54 Å². The number of hydrogen-bond acceptors (Lipinski definition) is 2. The summed E-state index contributed by atoms with van der Waals surface area (Å²) in [5, 5.41) is 0. The van der Waals surface area contributed by atoms with Crippen LogP contribution < -0.4 is 11.2 Å². The minimum absolute atomic E-state index is 0.209. The molecule has 0 saturated heterocycles. The lowest BCUT2D eigenvalue weighted by atomic mass is 10.1. The van der Waals surface area contributed by atoms with E-state index in [-0.39, 0.29) is 11.3 Å². The van der Waals surface area contributed by atoms with E-state index in [1.165, 1.54) is 36.4 Å². The van der Waals surface area contributed by atoms with Crippen LogP contribution in [0.1, 0.15) is 51.0 Å². The van der Waals surface area contributed by atoms with E-state index in [1.807, 2.05) is 0 Å². The highest BCUT2D eigenvalue weighted by Gasteiger charge is 2.01. The zero-order valence-corrected chi connectivity index (χ0v) is 10.9. The third-order valence-corrected chi connectivity index (χ3v) is 2.92. The summed E-state index contributed by atoms with van der Waals surface area (Å²) < 4.78 is 1.48. The van der Waals surface area contributed by atoms with Gasteiger partial charge in [0.25, 0.3) is 5.56 Å². The molecule has 0 radical (unpaired) electrons. The van der Waals surface area contributed by atoms with Crippen LogP contribution in [0.3, 0.4) is 0 Å². The smallest absolute Gasteiger partial charge is 0.299 e. The van der Waals surface area contributed by atoms with Crippen molar-refractivity contribution in [2.45, 2.75) is 52.0 Å². The van der Waals surface area contributed by atoms with Crippen molar-refractivity contribution in [1.29, 1.82) is 0 Å². The molecule has 0 aliphatic rings. The summed E-state index contributed by atoms with van der Waals surface area (Å²) in [7, 11) is 0. The van der Waals surface area contributed by atoms with Crippen LogP contribution in [0, 0.1) is 12.3 Å². The normalized spacial score (nSPS) is 10.2. The van der Waals surface area contributed by atoms with Gasteiger partial charge in [0.1, 0.15) is 5.56 Å². The molecule has 4 nitrogen and oxygen atoms in total. The van der Waals surface area contributed by atoms with Crippen LogP contribution in [-0.4, -0.2) is 9.55 Å². The van der Waals surface area contributed by atoms with Gasteiger partial charge in [-0.2, -0.15) is 0 Å². The molecule has 0 aromatic carbocycles. The quantitative estimate of drug-likeness (QED) is 0.591. The maximum Gasteiger partial charge on any atom is 0.328 e. The van der Waals surface area contributed by atoms with Crippen molar-refractivity contribution in [1.82, 2.24) is 9.55 Å². The van der Waals surface area contributed by atoms with Crippen LogP contribution in [0.2, 0.25) is 0 Å². The first-order valence-corrected chi connectivity index (χ1v) is 6.49. The highest BCUT2D eigenvalue weighted by atomic mass is 16.2. The number of nitrogens with zero attached hydrogens (tertiary/aromatic N) is 1. The Morgan fingerprint density at radius 3 is 2.56 bits per heavy atom. The number of aromatic nitrogens is 2. The fraction of sp³-hybridized carbons (Fsp3) is 0.571. The maximum atomic E-state index is 11.5. The van der Waals surface area contributed by atoms with E-state index in [0.717, 1.165) is 12.8 Å². The average molecular weight is 248 g/mol. The Balaban J connectivity index is 2.50. The Morgan fingerprint density at radius 1 is 1.22 bits per heavy atom. The van der Waals surface area contributed by atoms with Crippen LogP contribution >= 0.6 is 0 Å². The van der Waals surface area contributed by atoms with Gasteiger partial charge >= 0.3 is 5.69 Å². The van der Waals surface area contributed by atoms with Crippen LogP contribution in [0.4, 0.5) is 0 Å². The van der Waals surface area contributed by atoms with Gasteiger partial charge in [-0.05, 0) is 6.42 Å². The summed E-state index contributed by atoms with van der Waals surface area (Å²) in [5.41, 5.74) is -0.658. The van der Waals surface area contributed by atoms with Gasteiger partial charge in [0, 0.05) is 12.7 Å². The number of unbranched alkanes of at least 4 members (excludes halogenated alkanes) is 5. The minimum atomic E-state index is -0.485. The molecule has 4 heteroatoms. The number of aryl methyl sites for hydroxylation is 1. The third kappa shape index (κ3) is 4.25. The molecule has 1 aromatic heterocycles. The summed E-state index contributed by atoms with van der Waals surface area (Å²) in [6.45, 7) is 2.79. The van der Waals surface area contributed by atoms with E-state index in [4.69, 9.17) is 6.42 Å². The molecule has 1 aromatic rings. The summed E-state index contributed by atoms with van der Waals surface area (Å²) in [6, 6.07) is 0. The van der Waals surface area contributed by atoms with Crippen molar-refractivity contribution >= 4 is 0 Å². The Kier molecular flexibility index (Phi) is 5.99. The van der Waals surface area contributed by atoms with Gasteiger partial charge in [-0.1, -0.05) is 44.9 Å². The molecule has 98 valence electrons. The van der Waals surface area contributed by atoms with E-state index in [2.05, 4.69) is 17.8 Å². The molecule has 0 spiro atoms. The lowest BCUT2D eigenvalue weighted by Gasteiger charge is -2.05. The summed E-state index contributed by atoms with van der Waals surface area (Å²) >= 11 is 0. The van der Waals surface area contributed by atoms with Crippen molar-refractivity contribution in [2.75, 3.05) is 0 Å². The van der Waals surface area contributed by atoms with Gasteiger partial charge in [0.2, 0.25) is 0 Å². The fourth-order valence-corrected chi connectivity index (χ4v) is 1.84. The summed E-state index contributed by atoms with van der Waals surface area (Å²) in [6.07, 6.45) is 13.6. The van der Waals surface area contributed by atoms with Crippen molar-refractivity contribution in [3.63, 3.8) is 0 Å². The van der Waals surface area contributed by atoms with E-state index < -0.39 is 5.56 Å². The Morgan fingerprint density at radius 2 is 1.89 bits per heavy atom. The molecule has 0 fully saturated rings. The average Bonchev–Trinajstić information content (AvgIpc) is 2.36. The first-order valence-electron chi connectivity index (χ1n) is 6.49. The number of aromatic amines is 1. The van der Waals surface area contributed by atoms with Crippen LogP contribution in [0.25, 0.3) is 0 Å². The number of terminal acetylenes is 1. The second-order valence-corrected chi connectivity index (χ2v) is 4.41. The van der Waals surface area contributed by atoms with Crippen molar-refractivity contribution in [3.8, 4) is 12.3 Å². The lowest BCUT2D eigenvalue weighted by Crippen LogP contribution is -2.31. The highest BCUT2D eigenvalue weighted by Crippen LogP contribution is 2.05. The topological polar surface area (TPSA) is 54.9 Å². The number of hydrogen-bond donors (Lipinski definition) is 1. The van der Waals surface area contributed by atoms with E-state index in [9.17, 15) is 9.59 Å². The first-order chi connectivity index (χ1) is 8.69. The van der Waals surface area contributed by atoms with E-state index >= 15 is 0 Å². The van der Waals surface area contributed by atoms with Gasteiger partial charge in [-0.15, -0.1) is 6.42 Å². The molecular weight excluding hydrogens is 228 g/mol. The summed E-state index contributed by atoms with van der Waals surface area (Å²) in [5.74, 6) is 2.28. The fourth-order valence-electron chi connectivity index (χ4n) is 1.84. The maximum absolute atomic E-state index is 11.5. The van der Waals surface area contributed by atoms with Crippen molar-refractivity contribution in [2.24, 2.45) is 0 Å². The molecule has 0 aliphatic carbocycles. The lowest BCUT2D eigenvalue weighted by molar-refractivity contribution is 0.542. The predicted molar refractivity (Wildman–Crippen MR) is 72.6 cm³/mol. The zero-order valence-electron chi connectivity index (χ0n) is 10.9. The van der Waals surface area contributed by atoms with Gasteiger partial charge < -0.3 is 0 Å². The van der Waals surface area contributed by atoms with E-state index in [1.54, 1.807) is 0 Å². The molecule has 0 unspecified atom stereocenters. The Hall–Kier alpha value is -1.76. The number of nitrogens with one attached hydrogen (secondary N) is 1.